The number of rotatable bonds is 11. The van der Waals surface area contributed by atoms with Crippen LogP contribution in [0.15, 0.2) is 24.8 Å². The monoisotopic (exact) mass is 238 g/mol. The molecule has 0 atom stereocenters. The van der Waals surface area contributed by atoms with Crippen LogP contribution in [0.4, 0.5) is 0 Å². The van der Waals surface area contributed by atoms with E-state index < -0.39 is 0 Å². The Kier molecular flexibility index (Phi) is 12.2. The van der Waals surface area contributed by atoms with Crippen LogP contribution < -0.4 is 0 Å². The largest absolute Gasteiger partial charge is 0.465 e. The van der Waals surface area contributed by atoms with Crippen molar-refractivity contribution in [2.24, 2.45) is 0 Å². The van der Waals surface area contributed by atoms with E-state index in [1.54, 1.807) is 0 Å². The fraction of sp³-hybridized carbons (Fsp3) is 0.667. The molecule has 0 heterocycles. The van der Waals surface area contributed by atoms with Crippen LogP contribution in [0.25, 0.3) is 0 Å². The van der Waals surface area contributed by atoms with Gasteiger partial charge in [-0.05, 0) is 32.1 Å². The molecule has 2 heteroatoms. The number of carbonyl (C=O) groups excluding carboxylic acids is 1. The van der Waals surface area contributed by atoms with E-state index in [1.807, 2.05) is 13.0 Å². The summed E-state index contributed by atoms with van der Waals surface area (Å²) in [5.74, 6) is -0.111. The van der Waals surface area contributed by atoms with E-state index in [9.17, 15) is 4.79 Å². The van der Waals surface area contributed by atoms with Gasteiger partial charge in [-0.15, -0.1) is 6.58 Å². The Morgan fingerprint density at radius 2 is 1.71 bits per heavy atom. The predicted octanol–water partition coefficient (Wildman–Crippen LogP) is 4.41. The van der Waals surface area contributed by atoms with Gasteiger partial charge >= 0.3 is 5.97 Å². The highest BCUT2D eigenvalue weighted by Gasteiger charge is 1.94. The molecule has 0 aliphatic carbocycles. The van der Waals surface area contributed by atoms with Gasteiger partial charge in [-0.2, -0.15) is 0 Å². The molecule has 0 radical (unpaired) electrons. The summed E-state index contributed by atoms with van der Waals surface area (Å²) in [5.41, 5.74) is 0. The second-order valence-electron chi connectivity index (χ2n) is 4.11. The van der Waals surface area contributed by atoms with Crippen LogP contribution in [0.1, 0.15) is 58.3 Å². The summed E-state index contributed by atoms with van der Waals surface area (Å²) in [7, 11) is 0. The first-order valence-corrected chi connectivity index (χ1v) is 6.72. The Morgan fingerprint density at radius 3 is 2.35 bits per heavy atom. The average molecular weight is 238 g/mol. The second kappa shape index (κ2) is 13.0. The lowest BCUT2D eigenvalue weighted by molar-refractivity contribution is -0.143. The van der Waals surface area contributed by atoms with Crippen molar-refractivity contribution in [1.29, 1.82) is 0 Å². The Balaban J connectivity index is 3.14. The number of esters is 1. The van der Waals surface area contributed by atoms with Crippen molar-refractivity contribution in [2.45, 2.75) is 58.3 Å². The molecule has 0 N–H and O–H groups in total. The summed E-state index contributed by atoms with van der Waals surface area (Å²) in [6.45, 7) is 6.03. The van der Waals surface area contributed by atoms with Crippen LogP contribution in [0.2, 0.25) is 0 Å². The lowest BCUT2D eigenvalue weighted by Crippen LogP contribution is -2.02. The topological polar surface area (TPSA) is 26.3 Å². The summed E-state index contributed by atoms with van der Waals surface area (Å²) in [5, 5.41) is 0. The highest BCUT2D eigenvalue weighted by atomic mass is 16.5. The molecule has 0 aromatic rings. The quantitative estimate of drug-likeness (QED) is 0.303. The molecule has 0 aliphatic heterocycles. The minimum Gasteiger partial charge on any atom is -0.465 e. The Morgan fingerprint density at radius 1 is 1.06 bits per heavy atom. The Bertz CT molecular complexity index is 219. The summed E-state index contributed by atoms with van der Waals surface area (Å²) in [4.78, 5) is 10.8. The van der Waals surface area contributed by atoms with E-state index in [1.165, 1.54) is 25.7 Å². The molecule has 98 valence electrons. The first-order valence-electron chi connectivity index (χ1n) is 6.72. The van der Waals surface area contributed by atoms with Crippen LogP contribution in [0.5, 0.6) is 0 Å². The molecular formula is C15H26O2. The van der Waals surface area contributed by atoms with Crippen molar-refractivity contribution in [3.05, 3.63) is 24.8 Å². The fourth-order valence-electron chi connectivity index (χ4n) is 1.48. The molecule has 0 fully saturated rings. The number of carbonyl (C=O) groups is 1. The van der Waals surface area contributed by atoms with E-state index in [-0.39, 0.29) is 5.97 Å². The van der Waals surface area contributed by atoms with Gasteiger partial charge in [0.25, 0.3) is 0 Å². The van der Waals surface area contributed by atoms with Gasteiger partial charge in [0.15, 0.2) is 0 Å². The normalized spacial score (nSPS) is 10.6. The molecule has 0 unspecified atom stereocenters. The standard InChI is InChI=1S/C15H26O2/c1-3-5-6-7-8-9-10-11-12-13-14-17-15(16)4-2/h3,11-12H,1,4-10,13-14H2,2H3. The van der Waals surface area contributed by atoms with Crippen molar-refractivity contribution in [1.82, 2.24) is 0 Å². The van der Waals surface area contributed by atoms with E-state index in [0.717, 1.165) is 19.3 Å². The van der Waals surface area contributed by atoms with Crippen molar-refractivity contribution < 1.29 is 9.53 Å². The van der Waals surface area contributed by atoms with Crippen molar-refractivity contribution in [3.63, 3.8) is 0 Å². The molecule has 0 saturated carbocycles. The molecule has 17 heavy (non-hydrogen) atoms. The zero-order chi connectivity index (χ0) is 12.8. The molecular weight excluding hydrogens is 212 g/mol. The maximum atomic E-state index is 10.8. The van der Waals surface area contributed by atoms with Gasteiger partial charge in [0.2, 0.25) is 0 Å². The van der Waals surface area contributed by atoms with Gasteiger partial charge in [0, 0.05) is 6.42 Å². The van der Waals surface area contributed by atoms with E-state index >= 15 is 0 Å². The van der Waals surface area contributed by atoms with Gasteiger partial charge in [-0.25, -0.2) is 0 Å². The number of unbranched alkanes of at least 4 members (excludes halogenated alkanes) is 5. The predicted molar refractivity (Wildman–Crippen MR) is 72.9 cm³/mol. The number of ether oxygens (including phenoxy) is 1. The van der Waals surface area contributed by atoms with Crippen LogP contribution >= 0.6 is 0 Å². The maximum Gasteiger partial charge on any atom is 0.305 e. The highest BCUT2D eigenvalue weighted by molar-refractivity contribution is 5.68. The van der Waals surface area contributed by atoms with Crippen LogP contribution in [-0.4, -0.2) is 12.6 Å². The van der Waals surface area contributed by atoms with Crippen molar-refractivity contribution >= 4 is 5.97 Å². The second-order valence-corrected chi connectivity index (χ2v) is 4.11. The smallest absolute Gasteiger partial charge is 0.305 e. The minimum absolute atomic E-state index is 0.111. The van der Waals surface area contributed by atoms with Crippen molar-refractivity contribution in [2.75, 3.05) is 6.61 Å². The van der Waals surface area contributed by atoms with Gasteiger partial charge in [0.1, 0.15) is 0 Å². The fourth-order valence-corrected chi connectivity index (χ4v) is 1.48. The zero-order valence-corrected chi connectivity index (χ0v) is 11.1. The molecule has 0 aromatic carbocycles. The summed E-state index contributed by atoms with van der Waals surface area (Å²) in [6.07, 6.45) is 15.0. The molecule has 0 rings (SSSR count). The first-order chi connectivity index (χ1) is 8.31. The van der Waals surface area contributed by atoms with E-state index in [2.05, 4.69) is 18.7 Å². The number of allylic oxidation sites excluding steroid dienone is 2. The molecule has 0 aliphatic rings. The third-order valence-electron chi connectivity index (χ3n) is 2.53. The van der Waals surface area contributed by atoms with Gasteiger partial charge in [-0.3, -0.25) is 4.79 Å². The molecule has 0 spiro atoms. The first kappa shape index (κ1) is 16.0. The molecule has 2 nitrogen and oxygen atoms in total. The van der Waals surface area contributed by atoms with Crippen molar-refractivity contribution in [3.8, 4) is 0 Å². The Labute approximate surface area is 106 Å². The highest BCUT2D eigenvalue weighted by Crippen LogP contribution is 2.06. The third-order valence-corrected chi connectivity index (χ3v) is 2.53. The minimum atomic E-state index is -0.111. The average Bonchev–Trinajstić information content (AvgIpc) is 2.35. The maximum absolute atomic E-state index is 10.8. The van der Waals surface area contributed by atoms with Crippen LogP contribution in [0, 0.1) is 0 Å². The molecule has 0 amide bonds. The molecule has 0 aromatic heterocycles. The zero-order valence-electron chi connectivity index (χ0n) is 11.1. The molecule has 0 saturated heterocycles. The summed E-state index contributed by atoms with van der Waals surface area (Å²) in [6, 6.07) is 0. The van der Waals surface area contributed by atoms with E-state index in [0.29, 0.717) is 13.0 Å². The van der Waals surface area contributed by atoms with Crippen LogP contribution in [0.3, 0.4) is 0 Å². The van der Waals surface area contributed by atoms with E-state index in [4.69, 9.17) is 4.74 Å². The lowest BCUT2D eigenvalue weighted by atomic mass is 10.1. The number of hydrogen-bond acceptors (Lipinski definition) is 2. The Hall–Kier alpha value is -1.05. The number of hydrogen-bond donors (Lipinski definition) is 0. The molecule has 0 bridgehead atoms. The lowest BCUT2D eigenvalue weighted by Gasteiger charge is -1.99. The van der Waals surface area contributed by atoms with Crippen LogP contribution in [-0.2, 0) is 9.53 Å². The third kappa shape index (κ3) is 12.9. The SMILES string of the molecule is C=CCCCCCCC=CCCOC(=O)CC. The van der Waals surface area contributed by atoms with Gasteiger partial charge in [-0.1, -0.05) is 38.0 Å². The van der Waals surface area contributed by atoms with Gasteiger partial charge in [0.05, 0.1) is 6.61 Å². The van der Waals surface area contributed by atoms with Gasteiger partial charge < -0.3 is 4.74 Å². The summed E-state index contributed by atoms with van der Waals surface area (Å²) >= 11 is 0. The summed E-state index contributed by atoms with van der Waals surface area (Å²) < 4.78 is 4.96.